The first-order valence-electron chi connectivity index (χ1n) is 11.4. The number of benzene rings is 6. The predicted octanol–water partition coefficient (Wildman–Crippen LogP) is 8.16. The van der Waals surface area contributed by atoms with E-state index in [9.17, 15) is 0 Å². The van der Waals surface area contributed by atoms with Gasteiger partial charge >= 0.3 is 0 Å². The van der Waals surface area contributed by atoms with Crippen LogP contribution in [-0.2, 0) is 0 Å². The van der Waals surface area contributed by atoms with Crippen molar-refractivity contribution >= 4 is 32.9 Å². The summed E-state index contributed by atoms with van der Waals surface area (Å²) in [5.74, 6) is 0. The molecule has 2 heteroatoms. The Labute approximate surface area is 199 Å². The van der Waals surface area contributed by atoms with Gasteiger partial charge in [0.05, 0.1) is 0 Å². The van der Waals surface area contributed by atoms with Gasteiger partial charge < -0.3 is 11.5 Å². The van der Waals surface area contributed by atoms with Gasteiger partial charge in [0, 0.05) is 16.9 Å². The first kappa shape index (κ1) is 20.1. The van der Waals surface area contributed by atoms with E-state index in [2.05, 4.69) is 103 Å². The highest BCUT2D eigenvalue weighted by Crippen LogP contribution is 2.44. The number of fused-ring (bicyclic) bond motifs is 2. The normalized spacial score (nSPS) is 11.2. The molecule has 0 radical (unpaired) electrons. The lowest BCUT2D eigenvalue weighted by Gasteiger charge is -2.19. The lowest BCUT2D eigenvalue weighted by atomic mass is 9.85. The number of nitrogens with two attached hydrogens (primary N) is 2. The van der Waals surface area contributed by atoms with Crippen LogP contribution in [0.3, 0.4) is 0 Å². The van der Waals surface area contributed by atoms with Crippen LogP contribution in [0.25, 0.3) is 54.9 Å². The Balaban J connectivity index is 1.68. The summed E-state index contributed by atoms with van der Waals surface area (Å²) in [7, 11) is 0. The quantitative estimate of drug-likeness (QED) is 0.275. The van der Waals surface area contributed by atoms with Crippen LogP contribution in [0.1, 0.15) is 0 Å². The fourth-order valence-electron chi connectivity index (χ4n) is 4.82. The van der Waals surface area contributed by atoms with E-state index < -0.39 is 0 Å². The van der Waals surface area contributed by atoms with Crippen molar-refractivity contribution < 1.29 is 0 Å². The van der Waals surface area contributed by atoms with Gasteiger partial charge in [-0.3, -0.25) is 0 Å². The molecule has 0 saturated carbocycles. The van der Waals surface area contributed by atoms with E-state index in [0.29, 0.717) is 0 Å². The second kappa shape index (κ2) is 8.09. The monoisotopic (exact) mass is 436 g/mol. The number of hydrogen-bond donors (Lipinski definition) is 2. The Morgan fingerprint density at radius 2 is 0.882 bits per heavy atom. The van der Waals surface area contributed by atoms with E-state index >= 15 is 0 Å². The molecule has 162 valence electrons. The molecule has 6 aromatic carbocycles. The zero-order valence-electron chi connectivity index (χ0n) is 18.7. The smallest absolute Gasteiger partial charge is 0.0400 e. The van der Waals surface area contributed by atoms with Crippen molar-refractivity contribution in [2.24, 2.45) is 0 Å². The maximum atomic E-state index is 6.70. The van der Waals surface area contributed by atoms with Gasteiger partial charge in [0.25, 0.3) is 0 Å². The third kappa shape index (κ3) is 3.46. The van der Waals surface area contributed by atoms with Crippen molar-refractivity contribution in [3.63, 3.8) is 0 Å². The molecule has 6 aromatic rings. The highest BCUT2D eigenvalue weighted by atomic mass is 14.6. The third-order valence-electron chi connectivity index (χ3n) is 6.54. The Hall–Kier alpha value is -4.56. The molecule has 0 saturated heterocycles. The van der Waals surface area contributed by atoms with Gasteiger partial charge in [-0.05, 0) is 79.7 Å². The first-order chi connectivity index (χ1) is 16.7. The van der Waals surface area contributed by atoms with Crippen LogP contribution < -0.4 is 11.5 Å². The zero-order chi connectivity index (χ0) is 23.1. The van der Waals surface area contributed by atoms with Gasteiger partial charge in [0.2, 0.25) is 0 Å². The topological polar surface area (TPSA) is 52.0 Å². The number of rotatable bonds is 3. The molecule has 4 N–H and O–H groups in total. The molecule has 0 aliphatic carbocycles. The maximum Gasteiger partial charge on any atom is 0.0400 e. The van der Waals surface area contributed by atoms with E-state index in [1.54, 1.807) is 0 Å². The predicted molar refractivity (Wildman–Crippen MR) is 147 cm³/mol. The molecule has 0 aliphatic rings. The minimum absolute atomic E-state index is 0.751. The second-order valence-electron chi connectivity index (χ2n) is 8.70. The molecule has 6 rings (SSSR count). The molecule has 0 fully saturated rings. The summed E-state index contributed by atoms with van der Waals surface area (Å²) < 4.78 is 0. The van der Waals surface area contributed by atoms with Crippen LogP contribution in [0.5, 0.6) is 0 Å². The molecule has 0 amide bonds. The molecule has 0 unspecified atom stereocenters. The lowest BCUT2D eigenvalue weighted by molar-refractivity contribution is 1.57. The Bertz CT molecular complexity index is 1660. The van der Waals surface area contributed by atoms with Gasteiger partial charge in [-0.1, -0.05) is 91.0 Å². The van der Waals surface area contributed by atoms with Crippen molar-refractivity contribution in [2.45, 2.75) is 0 Å². The molecule has 0 atom stereocenters. The van der Waals surface area contributed by atoms with Crippen LogP contribution in [0.2, 0.25) is 0 Å². The van der Waals surface area contributed by atoms with E-state index in [1.807, 2.05) is 18.2 Å². The summed E-state index contributed by atoms with van der Waals surface area (Å²) in [4.78, 5) is 0. The van der Waals surface area contributed by atoms with Crippen molar-refractivity contribution in [3.05, 3.63) is 121 Å². The number of anilines is 2. The lowest BCUT2D eigenvalue weighted by Crippen LogP contribution is -1.97. The Kier molecular flexibility index (Phi) is 4.78. The van der Waals surface area contributed by atoms with E-state index in [-0.39, 0.29) is 0 Å². The molecule has 0 aliphatic heterocycles. The van der Waals surface area contributed by atoms with Gasteiger partial charge in [-0.15, -0.1) is 0 Å². The third-order valence-corrected chi connectivity index (χ3v) is 6.54. The maximum absolute atomic E-state index is 6.70. The van der Waals surface area contributed by atoms with Crippen LogP contribution in [0, 0.1) is 0 Å². The molecule has 0 spiro atoms. The molecule has 34 heavy (non-hydrogen) atoms. The standard InChI is InChI=1S/C32H24N2/c33-28-15-13-23(14-16-28)29-17-18-30(34)32(27-12-10-22-6-2-4-8-25(22)20-27)31(29)26-11-9-21-5-1-3-7-24(21)19-26/h1-20H,33-34H2. The Morgan fingerprint density at radius 1 is 0.382 bits per heavy atom. The minimum Gasteiger partial charge on any atom is -0.399 e. The van der Waals surface area contributed by atoms with E-state index in [4.69, 9.17) is 11.5 Å². The van der Waals surface area contributed by atoms with E-state index in [1.165, 1.54) is 21.5 Å². The molecule has 0 bridgehead atoms. The molecule has 0 aromatic heterocycles. The number of nitrogen functional groups attached to an aromatic ring is 2. The second-order valence-corrected chi connectivity index (χ2v) is 8.70. The average Bonchev–Trinajstić information content (AvgIpc) is 2.88. The van der Waals surface area contributed by atoms with Crippen molar-refractivity contribution in [1.82, 2.24) is 0 Å². The highest BCUT2D eigenvalue weighted by Gasteiger charge is 2.18. The molecule has 0 heterocycles. The van der Waals surface area contributed by atoms with Crippen LogP contribution >= 0.6 is 0 Å². The van der Waals surface area contributed by atoms with Crippen molar-refractivity contribution in [3.8, 4) is 33.4 Å². The minimum atomic E-state index is 0.751. The zero-order valence-corrected chi connectivity index (χ0v) is 18.7. The van der Waals surface area contributed by atoms with Gasteiger partial charge in [0.1, 0.15) is 0 Å². The summed E-state index contributed by atoms with van der Waals surface area (Å²) in [6.45, 7) is 0. The van der Waals surface area contributed by atoms with Crippen molar-refractivity contribution in [1.29, 1.82) is 0 Å². The SMILES string of the molecule is Nc1ccc(-c2ccc(N)c(-c3ccc4ccccc4c3)c2-c2ccc3ccccc3c2)cc1. The van der Waals surface area contributed by atoms with E-state index in [0.717, 1.165) is 44.8 Å². The van der Waals surface area contributed by atoms with Gasteiger partial charge in [-0.2, -0.15) is 0 Å². The summed E-state index contributed by atoms with van der Waals surface area (Å²) in [6.07, 6.45) is 0. The molecule has 2 nitrogen and oxygen atoms in total. The number of hydrogen-bond acceptors (Lipinski definition) is 2. The molecular formula is C32H24N2. The fraction of sp³-hybridized carbons (Fsp3) is 0. The fourth-order valence-corrected chi connectivity index (χ4v) is 4.82. The Morgan fingerprint density at radius 3 is 1.47 bits per heavy atom. The first-order valence-corrected chi connectivity index (χ1v) is 11.4. The van der Waals surface area contributed by atoms with Gasteiger partial charge in [0.15, 0.2) is 0 Å². The summed E-state index contributed by atoms with van der Waals surface area (Å²) in [6, 6.07) is 42.3. The van der Waals surface area contributed by atoms with Crippen LogP contribution in [-0.4, -0.2) is 0 Å². The van der Waals surface area contributed by atoms with Crippen molar-refractivity contribution in [2.75, 3.05) is 11.5 Å². The largest absolute Gasteiger partial charge is 0.399 e. The summed E-state index contributed by atoms with van der Waals surface area (Å²) in [5.41, 5.74) is 20.9. The summed E-state index contributed by atoms with van der Waals surface area (Å²) in [5, 5.41) is 4.83. The van der Waals surface area contributed by atoms with Crippen LogP contribution in [0.15, 0.2) is 121 Å². The molecular weight excluding hydrogens is 412 g/mol. The highest BCUT2D eigenvalue weighted by molar-refractivity contribution is 6.03. The van der Waals surface area contributed by atoms with Crippen LogP contribution in [0.4, 0.5) is 11.4 Å². The average molecular weight is 437 g/mol. The van der Waals surface area contributed by atoms with Gasteiger partial charge in [-0.25, -0.2) is 0 Å². The summed E-state index contributed by atoms with van der Waals surface area (Å²) >= 11 is 0.